The second-order valence-electron chi connectivity index (χ2n) is 7.73. The van der Waals surface area contributed by atoms with E-state index in [1.165, 1.54) is 77.0 Å². The number of aromatic nitrogens is 1. The molecule has 4 rings (SSSR count). The van der Waals surface area contributed by atoms with Crippen LogP contribution in [0.25, 0.3) is 0 Å². The molecule has 1 N–H and O–H groups in total. The van der Waals surface area contributed by atoms with Crippen molar-refractivity contribution in [1.29, 1.82) is 5.41 Å². The molecule has 4 nitrogen and oxygen atoms in total. The van der Waals surface area contributed by atoms with Crippen LogP contribution in [0.3, 0.4) is 0 Å². The fourth-order valence-electron chi connectivity index (χ4n) is 4.48. The van der Waals surface area contributed by atoms with Gasteiger partial charge in [0.15, 0.2) is 5.84 Å². The first-order valence-electron chi connectivity index (χ1n) is 9.67. The predicted octanol–water partition coefficient (Wildman–Crippen LogP) is 4.84. The molecule has 1 aromatic rings. The molecule has 0 atom stereocenters. The van der Waals surface area contributed by atoms with Gasteiger partial charge in [-0.25, -0.2) is 0 Å². The molecule has 0 amide bonds. The van der Waals surface area contributed by atoms with Crippen molar-refractivity contribution in [3.8, 4) is 0 Å². The van der Waals surface area contributed by atoms with Gasteiger partial charge in [-0.1, -0.05) is 43.7 Å². The van der Waals surface area contributed by atoms with Crippen LogP contribution in [0.4, 0.5) is 0 Å². The van der Waals surface area contributed by atoms with Gasteiger partial charge in [0.25, 0.3) is 0 Å². The highest BCUT2D eigenvalue weighted by Crippen LogP contribution is 2.40. The van der Waals surface area contributed by atoms with E-state index in [4.69, 9.17) is 9.93 Å². The quantitative estimate of drug-likeness (QED) is 0.638. The second-order valence-corrected chi connectivity index (χ2v) is 7.73. The Morgan fingerprint density at radius 1 is 0.913 bits per heavy atom. The maximum Gasteiger partial charge on any atom is 0.151 e. The summed E-state index contributed by atoms with van der Waals surface area (Å²) in [7, 11) is 0. The summed E-state index contributed by atoms with van der Waals surface area (Å²) in [5.41, 5.74) is 0.767. The first kappa shape index (κ1) is 15.2. The minimum Gasteiger partial charge on any atom is -0.360 e. The van der Waals surface area contributed by atoms with E-state index in [2.05, 4.69) is 10.1 Å². The van der Waals surface area contributed by atoms with E-state index in [0.29, 0.717) is 23.8 Å². The molecule has 0 bridgehead atoms. The third-order valence-corrected chi connectivity index (χ3v) is 5.95. The second kappa shape index (κ2) is 6.66. The largest absolute Gasteiger partial charge is 0.360 e. The normalized spacial score (nSPS) is 23.8. The Bertz CT molecular complexity index is 519. The van der Waals surface area contributed by atoms with Crippen LogP contribution in [0.1, 0.15) is 94.4 Å². The molecule has 0 unspecified atom stereocenters. The van der Waals surface area contributed by atoms with Crippen molar-refractivity contribution >= 4 is 5.84 Å². The summed E-state index contributed by atoms with van der Waals surface area (Å²) in [6.45, 7) is 0. The first-order chi connectivity index (χ1) is 11.3. The van der Waals surface area contributed by atoms with Gasteiger partial charge in [-0.15, -0.1) is 0 Å². The predicted molar refractivity (Wildman–Crippen MR) is 90.9 cm³/mol. The van der Waals surface area contributed by atoms with Gasteiger partial charge in [0.1, 0.15) is 11.5 Å². The SMILES string of the molecule is N=C(c1cc(C2CC2)on1)N(C1CCCCC1)C1CCCCC1. The molecule has 4 heteroatoms. The van der Waals surface area contributed by atoms with Gasteiger partial charge in [-0.2, -0.15) is 0 Å². The number of hydrogen-bond acceptors (Lipinski definition) is 3. The summed E-state index contributed by atoms with van der Waals surface area (Å²) >= 11 is 0. The van der Waals surface area contributed by atoms with Crippen molar-refractivity contribution in [2.75, 3.05) is 0 Å². The van der Waals surface area contributed by atoms with Crippen molar-refractivity contribution in [3.05, 3.63) is 17.5 Å². The Balaban J connectivity index is 1.55. The average Bonchev–Trinajstić information content (AvgIpc) is 3.34. The van der Waals surface area contributed by atoms with Crippen molar-refractivity contribution in [1.82, 2.24) is 10.1 Å². The van der Waals surface area contributed by atoms with Crippen molar-refractivity contribution in [3.63, 3.8) is 0 Å². The van der Waals surface area contributed by atoms with Crippen LogP contribution in [0, 0.1) is 5.41 Å². The fraction of sp³-hybridized carbons (Fsp3) is 0.789. The molecular formula is C19H29N3O. The Hall–Kier alpha value is -1.32. The van der Waals surface area contributed by atoms with Crippen LogP contribution in [0.15, 0.2) is 10.6 Å². The van der Waals surface area contributed by atoms with Crippen LogP contribution in [0.2, 0.25) is 0 Å². The summed E-state index contributed by atoms with van der Waals surface area (Å²) in [4.78, 5) is 2.44. The molecule has 0 saturated heterocycles. The summed E-state index contributed by atoms with van der Waals surface area (Å²) in [5, 5.41) is 13.1. The molecule has 0 aliphatic heterocycles. The van der Waals surface area contributed by atoms with E-state index in [1.807, 2.05) is 6.07 Å². The first-order valence-corrected chi connectivity index (χ1v) is 9.67. The van der Waals surface area contributed by atoms with Gasteiger partial charge in [0.2, 0.25) is 0 Å². The third-order valence-electron chi connectivity index (χ3n) is 5.95. The lowest BCUT2D eigenvalue weighted by Gasteiger charge is -2.42. The Morgan fingerprint density at radius 3 is 2.00 bits per heavy atom. The van der Waals surface area contributed by atoms with Gasteiger partial charge in [-0.3, -0.25) is 5.41 Å². The molecule has 1 heterocycles. The molecule has 1 aromatic heterocycles. The molecule has 3 aliphatic rings. The van der Waals surface area contributed by atoms with E-state index >= 15 is 0 Å². The van der Waals surface area contributed by atoms with Crippen LogP contribution >= 0.6 is 0 Å². The highest BCUT2D eigenvalue weighted by atomic mass is 16.5. The maximum atomic E-state index is 8.84. The number of nitrogens with one attached hydrogen (secondary N) is 1. The van der Waals surface area contributed by atoms with Crippen molar-refractivity contribution < 1.29 is 4.52 Å². The molecular weight excluding hydrogens is 286 g/mol. The topological polar surface area (TPSA) is 53.1 Å². The molecule has 0 radical (unpaired) electrons. The Morgan fingerprint density at radius 2 is 1.48 bits per heavy atom. The number of rotatable bonds is 4. The van der Waals surface area contributed by atoms with E-state index in [1.54, 1.807) is 0 Å². The molecule has 0 aromatic carbocycles. The Kier molecular flexibility index (Phi) is 4.41. The zero-order chi connectivity index (χ0) is 15.6. The van der Waals surface area contributed by atoms with Crippen LogP contribution in [0.5, 0.6) is 0 Å². The number of nitrogens with zero attached hydrogens (tertiary/aromatic N) is 2. The van der Waals surface area contributed by atoms with Crippen molar-refractivity contribution in [2.24, 2.45) is 0 Å². The molecule has 3 fully saturated rings. The highest BCUT2D eigenvalue weighted by molar-refractivity contribution is 5.95. The smallest absolute Gasteiger partial charge is 0.151 e. The monoisotopic (exact) mass is 315 g/mol. The number of hydrogen-bond donors (Lipinski definition) is 1. The van der Waals surface area contributed by atoms with E-state index in [9.17, 15) is 0 Å². The van der Waals surface area contributed by atoms with Crippen LogP contribution in [-0.4, -0.2) is 28.0 Å². The van der Waals surface area contributed by atoms with Gasteiger partial charge in [0.05, 0.1) is 0 Å². The molecule has 126 valence electrons. The zero-order valence-electron chi connectivity index (χ0n) is 14.1. The van der Waals surface area contributed by atoms with E-state index in [-0.39, 0.29) is 0 Å². The summed E-state index contributed by atoms with van der Waals surface area (Å²) in [6, 6.07) is 3.12. The lowest BCUT2D eigenvalue weighted by molar-refractivity contribution is 0.156. The number of amidine groups is 1. The van der Waals surface area contributed by atoms with Gasteiger partial charge < -0.3 is 9.42 Å². The summed E-state index contributed by atoms with van der Waals surface area (Å²) < 4.78 is 5.52. The molecule has 3 saturated carbocycles. The van der Waals surface area contributed by atoms with Gasteiger partial charge >= 0.3 is 0 Å². The zero-order valence-corrected chi connectivity index (χ0v) is 14.1. The summed E-state index contributed by atoms with van der Waals surface area (Å²) in [6.07, 6.45) is 15.4. The average molecular weight is 315 g/mol. The lowest BCUT2D eigenvalue weighted by atomic mass is 9.88. The van der Waals surface area contributed by atoms with Gasteiger partial charge in [0, 0.05) is 24.1 Å². The van der Waals surface area contributed by atoms with E-state index in [0.717, 1.165) is 11.5 Å². The molecule has 23 heavy (non-hydrogen) atoms. The standard InChI is InChI=1S/C19H29N3O/c20-19(17-13-18(23-21-17)14-11-12-14)22(15-7-3-1-4-8-15)16-9-5-2-6-10-16/h13-16,20H,1-12H2. The van der Waals surface area contributed by atoms with E-state index < -0.39 is 0 Å². The van der Waals surface area contributed by atoms with Crippen LogP contribution < -0.4 is 0 Å². The fourth-order valence-corrected chi connectivity index (χ4v) is 4.48. The highest BCUT2D eigenvalue weighted by Gasteiger charge is 2.34. The minimum absolute atomic E-state index is 0.542. The summed E-state index contributed by atoms with van der Waals surface area (Å²) in [5.74, 6) is 2.19. The molecule has 0 spiro atoms. The molecule has 3 aliphatic carbocycles. The van der Waals surface area contributed by atoms with Gasteiger partial charge in [-0.05, 0) is 38.5 Å². The van der Waals surface area contributed by atoms with Crippen molar-refractivity contribution in [2.45, 2.75) is 95.1 Å². The maximum absolute atomic E-state index is 8.84. The van der Waals surface area contributed by atoms with Crippen LogP contribution in [-0.2, 0) is 0 Å². The lowest BCUT2D eigenvalue weighted by Crippen LogP contribution is -2.48. The third kappa shape index (κ3) is 3.31. The Labute approximate surface area is 139 Å². The minimum atomic E-state index is 0.542.